The second-order valence-corrected chi connectivity index (χ2v) is 8.36. The van der Waals surface area contributed by atoms with Gasteiger partial charge in [0.1, 0.15) is 5.75 Å². The van der Waals surface area contributed by atoms with Gasteiger partial charge in [0.25, 0.3) is 0 Å². The van der Waals surface area contributed by atoms with Gasteiger partial charge in [0.05, 0.1) is 11.5 Å². The Balaban J connectivity index is 1.86. The summed E-state index contributed by atoms with van der Waals surface area (Å²) < 4.78 is 5.53. The van der Waals surface area contributed by atoms with Crippen molar-refractivity contribution in [1.29, 1.82) is 0 Å². The highest BCUT2D eigenvalue weighted by atomic mass is 35.5. The predicted molar refractivity (Wildman–Crippen MR) is 115 cm³/mol. The first-order valence-corrected chi connectivity index (χ1v) is 10.3. The molecule has 1 aliphatic heterocycles. The number of ether oxygens (including phenoxy) is 1. The fourth-order valence-electron chi connectivity index (χ4n) is 3.77. The molecule has 0 aromatic heterocycles. The molecule has 0 fully saturated rings. The molecule has 4 aromatic carbocycles. The van der Waals surface area contributed by atoms with Crippen LogP contribution in [0, 0.1) is 0 Å². The van der Waals surface area contributed by atoms with E-state index in [2.05, 4.69) is 0 Å². The molecule has 0 radical (unpaired) electrons. The number of halogens is 2. The second-order valence-electron chi connectivity index (χ2n) is 6.50. The Morgan fingerprint density at radius 1 is 0.929 bits per heavy atom. The fraction of sp³-hybridized carbons (Fsp3) is 0.0909. The Bertz CT molecular complexity index is 1400. The highest BCUT2D eigenvalue weighted by Gasteiger charge is 2.29. The van der Waals surface area contributed by atoms with Crippen LogP contribution in [0.15, 0.2) is 52.2 Å². The number of rotatable bonds is 2. The number of carbonyl (C=O) groups excluding carboxylic acids is 1. The standard InChI is InChI=1S/C22H12Cl2O3S/c1-2-27-10-3-4-11-16(9-10)28-22(21(11)26)18-12-5-7-14(23)19-15(24)8-6-13(17(12)19)20(18)25/h3-9H,2H2,1H3/b22-18+. The van der Waals surface area contributed by atoms with E-state index in [9.17, 15) is 9.59 Å². The largest absolute Gasteiger partial charge is 0.494 e. The Hall–Kier alpha value is -2.27. The van der Waals surface area contributed by atoms with Gasteiger partial charge in [-0.1, -0.05) is 41.0 Å². The highest BCUT2D eigenvalue weighted by Crippen LogP contribution is 2.43. The molecule has 5 rings (SSSR count). The van der Waals surface area contributed by atoms with Gasteiger partial charge in [-0.3, -0.25) is 9.59 Å². The number of hydrogen-bond donors (Lipinski definition) is 0. The first-order valence-electron chi connectivity index (χ1n) is 8.70. The van der Waals surface area contributed by atoms with Gasteiger partial charge >= 0.3 is 0 Å². The van der Waals surface area contributed by atoms with Crippen LogP contribution in [0.2, 0.25) is 10.0 Å². The first kappa shape index (κ1) is 17.8. The van der Waals surface area contributed by atoms with Gasteiger partial charge in [0.2, 0.25) is 5.78 Å². The van der Waals surface area contributed by atoms with Gasteiger partial charge in [0.15, 0.2) is 5.43 Å². The monoisotopic (exact) mass is 426 g/mol. The molecular weight excluding hydrogens is 415 g/mol. The third-order valence-corrected chi connectivity index (χ3v) is 6.74. The van der Waals surface area contributed by atoms with Crippen LogP contribution in [-0.4, -0.2) is 12.4 Å². The van der Waals surface area contributed by atoms with Crippen molar-refractivity contribution in [1.82, 2.24) is 0 Å². The lowest BCUT2D eigenvalue weighted by atomic mass is 10.1. The molecule has 0 N–H and O–H groups in total. The Kier molecular flexibility index (Phi) is 4.05. The lowest BCUT2D eigenvalue weighted by Gasteiger charge is -2.03. The van der Waals surface area contributed by atoms with Crippen molar-refractivity contribution in [3.8, 4) is 5.75 Å². The summed E-state index contributed by atoms with van der Waals surface area (Å²) in [7, 11) is 0. The predicted octanol–water partition coefficient (Wildman–Crippen LogP) is 5.31. The number of benzene rings is 3. The average molecular weight is 427 g/mol. The van der Waals surface area contributed by atoms with Gasteiger partial charge in [0, 0.05) is 41.9 Å². The molecule has 0 saturated carbocycles. The van der Waals surface area contributed by atoms with Crippen molar-refractivity contribution in [2.24, 2.45) is 0 Å². The van der Waals surface area contributed by atoms with E-state index in [4.69, 9.17) is 27.9 Å². The molecule has 3 nitrogen and oxygen atoms in total. The number of thioether (sulfide) groups is 1. The van der Waals surface area contributed by atoms with E-state index >= 15 is 0 Å². The van der Waals surface area contributed by atoms with E-state index in [1.165, 1.54) is 11.8 Å². The van der Waals surface area contributed by atoms with Crippen LogP contribution in [0.25, 0.3) is 26.5 Å². The third-order valence-electron chi connectivity index (χ3n) is 4.95. The van der Waals surface area contributed by atoms with Gasteiger partial charge in [-0.05, 0) is 48.7 Å². The maximum Gasteiger partial charge on any atom is 0.201 e. The van der Waals surface area contributed by atoms with Crippen molar-refractivity contribution >= 4 is 67.2 Å². The van der Waals surface area contributed by atoms with Crippen molar-refractivity contribution in [3.05, 3.63) is 73.5 Å². The van der Waals surface area contributed by atoms with E-state index in [1.807, 2.05) is 13.0 Å². The molecule has 0 unspecified atom stereocenters. The number of fused-ring (bicyclic) bond motifs is 1. The van der Waals surface area contributed by atoms with Crippen molar-refractivity contribution in [2.45, 2.75) is 11.8 Å². The minimum absolute atomic E-state index is 0.145. The molecule has 0 atom stereocenters. The summed E-state index contributed by atoms with van der Waals surface area (Å²) in [4.78, 5) is 27.5. The maximum absolute atomic E-state index is 13.2. The van der Waals surface area contributed by atoms with Crippen LogP contribution in [0.5, 0.6) is 5.75 Å². The minimum atomic E-state index is -0.173. The van der Waals surface area contributed by atoms with Gasteiger partial charge < -0.3 is 4.74 Å². The van der Waals surface area contributed by atoms with Crippen LogP contribution in [0.1, 0.15) is 17.3 Å². The lowest BCUT2D eigenvalue weighted by molar-refractivity contribution is 0.105. The van der Waals surface area contributed by atoms with E-state index < -0.39 is 0 Å². The van der Waals surface area contributed by atoms with Crippen molar-refractivity contribution in [2.75, 3.05) is 6.61 Å². The number of carbonyl (C=O) groups is 1. The number of Topliss-reactive ketones (excluding diaryl/α,β-unsaturated/α-hetero) is 1. The van der Waals surface area contributed by atoms with Gasteiger partial charge in [-0.2, -0.15) is 0 Å². The lowest BCUT2D eigenvalue weighted by Crippen LogP contribution is -2.23. The molecule has 0 amide bonds. The number of hydrogen-bond acceptors (Lipinski definition) is 4. The summed E-state index contributed by atoms with van der Waals surface area (Å²) in [6.07, 6.45) is 0. The van der Waals surface area contributed by atoms with E-state index in [-0.39, 0.29) is 11.2 Å². The summed E-state index contributed by atoms with van der Waals surface area (Å²) in [6.45, 7) is 2.45. The molecule has 4 aromatic rings. The molecule has 6 heteroatoms. The molecule has 0 bridgehead atoms. The van der Waals surface area contributed by atoms with Gasteiger partial charge in [-0.15, -0.1) is 0 Å². The first-order chi connectivity index (χ1) is 13.5. The molecule has 138 valence electrons. The maximum atomic E-state index is 13.2. The van der Waals surface area contributed by atoms with E-state index in [1.54, 1.807) is 36.4 Å². The van der Waals surface area contributed by atoms with Crippen LogP contribution < -0.4 is 15.4 Å². The van der Waals surface area contributed by atoms with Crippen LogP contribution in [0.4, 0.5) is 0 Å². The molecule has 1 heterocycles. The molecule has 28 heavy (non-hydrogen) atoms. The number of ketones is 1. The zero-order valence-corrected chi connectivity index (χ0v) is 17.0. The van der Waals surface area contributed by atoms with E-state index in [0.29, 0.717) is 59.6 Å². The summed E-state index contributed by atoms with van der Waals surface area (Å²) in [6, 6.07) is 12.3. The zero-order valence-electron chi connectivity index (χ0n) is 14.6. The Morgan fingerprint density at radius 3 is 2.36 bits per heavy atom. The Morgan fingerprint density at radius 2 is 1.64 bits per heavy atom. The molecule has 0 aliphatic carbocycles. The highest BCUT2D eigenvalue weighted by molar-refractivity contribution is 8.10. The van der Waals surface area contributed by atoms with Crippen LogP contribution >= 0.6 is 35.0 Å². The summed E-state index contributed by atoms with van der Waals surface area (Å²) in [5, 5.41) is 3.98. The smallest absolute Gasteiger partial charge is 0.201 e. The third kappa shape index (κ3) is 2.38. The summed E-state index contributed by atoms with van der Waals surface area (Å²) in [5.41, 5.74) is 0.413. The molecule has 1 aliphatic rings. The molecule has 0 spiro atoms. The van der Waals surface area contributed by atoms with Gasteiger partial charge in [-0.25, -0.2) is 0 Å². The summed E-state index contributed by atoms with van der Waals surface area (Å²) in [5.74, 6) is 0.558. The van der Waals surface area contributed by atoms with Crippen molar-refractivity contribution in [3.63, 3.8) is 0 Å². The normalized spacial score (nSPS) is 15.6. The van der Waals surface area contributed by atoms with Crippen molar-refractivity contribution < 1.29 is 9.53 Å². The Labute approximate surface area is 174 Å². The van der Waals surface area contributed by atoms with Crippen LogP contribution in [0.3, 0.4) is 0 Å². The second kappa shape index (κ2) is 6.38. The summed E-state index contributed by atoms with van der Waals surface area (Å²) >= 11 is 14.0. The molecule has 0 saturated heterocycles. The minimum Gasteiger partial charge on any atom is -0.494 e. The SMILES string of the molecule is CCOc1ccc2c(c1)S/C(=c1/c(=O)c3ccc(Cl)c4c(Cl)ccc1c43)C2=O. The average Bonchev–Trinajstić information content (AvgIpc) is 3.14. The zero-order chi connectivity index (χ0) is 19.6. The fourth-order valence-corrected chi connectivity index (χ4v) is 5.51. The molecular formula is C22H12Cl2O3S. The van der Waals surface area contributed by atoms with Crippen LogP contribution in [-0.2, 0) is 0 Å². The van der Waals surface area contributed by atoms with E-state index in [0.717, 1.165) is 4.90 Å². The topological polar surface area (TPSA) is 43.4 Å². The quantitative estimate of drug-likeness (QED) is 0.435.